The molecule has 0 saturated heterocycles. The molecule has 8 nitrogen and oxygen atoms in total. The first-order valence-corrected chi connectivity index (χ1v) is 6.20. The lowest BCUT2D eigenvalue weighted by molar-refractivity contribution is -0.116. The van der Waals surface area contributed by atoms with E-state index in [1.165, 1.54) is 28.4 Å². The molecule has 0 fully saturated rings. The summed E-state index contributed by atoms with van der Waals surface area (Å²) in [6, 6.07) is 1.70. The summed E-state index contributed by atoms with van der Waals surface area (Å²) < 4.78 is 1.25. The molecule has 0 aliphatic rings. The number of nitrogens with one attached hydrogen (secondary N) is 2. The third-order valence-electron chi connectivity index (χ3n) is 2.45. The topological polar surface area (TPSA) is 106 Å². The summed E-state index contributed by atoms with van der Waals surface area (Å²) >= 11 is 1.39. The van der Waals surface area contributed by atoms with Gasteiger partial charge in [-0.1, -0.05) is 0 Å². The molecule has 3 aromatic heterocycles. The van der Waals surface area contributed by atoms with Crippen molar-refractivity contribution in [2.24, 2.45) is 0 Å². The second-order valence-corrected chi connectivity index (χ2v) is 4.62. The minimum absolute atomic E-state index is 0.121. The molecule has 0 radical (unpaired) electrons. The fourth-order valence-electron chi connectivity index (χ4n) is 1.60. The van der Waals surface area contributed by atoms with Gasteiger partial charge in [-0.2, -0.15) is 10.3 Å². The Morgan fingerprint density at radius 1 is 1.53 bits per heavy atom. The summed E-state index contributed by atoms with van der Waals surface area (Å²) in [5.74, 6) is -0.0602. The van der Waals surface area contributed by atoms with E-state index in [1.807, 2.05) is 0 Å². The van der Waals surface area contributed by atoms with Gasteiger partial charge in [-0.3, -0.25) is 14.2 Å². The molecule has 0 aliphatic carbocycles. The fraction of sp³-hybridized carbons (Fsp3) is 0.100. The quantitative estimate of drug-likeness (QED) is 0.711. The lowest BCUT2D eigenvalue weighted by Crippen LogP contribution is -2.27. The standard InChI is InChI=1S/C10H8N6O2S/c17-8(13-7-3-12-15-14-7)4-16-5-11-9-6(10(16)18)1-2-19-9/h1-3,5H,4H2,(H2,12,13,14,15,17). The first-order chi connectivity index (χ1) is 9.24. The summed E-state index contributed by atoms with van der Waals surface area (Å²) in [7, 11) is 0. The molecule has 0 unspecified atom stereocenters. The minimum Gasteiger partial charge on any atom is -0.306 e. The van der Waals surface area contributed by atoms with E-state index in [2.05, 4.69) is 25.7 Å². The van der Waals surface area contributed by atoms with Crippen LogP contribution in [0, 0.1) is 0 Å². The zero-order chi connectivity index (χ0) is 13.2. The Morgan fingerprint density at radius 3 is 3.21 bits per heavy atom. The van der Waals surface area contributed by atoms with Crippen molar-refractivity contribution in [2.45, 2.75) is 6.54 Å². The first-order valence-electron chi connectivity index (χ1n) is 5.32. The number of aromatic amines is 1. The molecular weight excluding hydrogens is 268 g/mol. The SMILES string of the molecule is O=C(Cn1cnc2sccc2c1=O)Nc1cn[nH]n1. The molecule has 0 spiro atoms. The van der Waals surface area contributed by atoms with Crippen LogP contribution in [0.15, 0.2) is 28.8 Å². The van der Waals surface area contributed by atoms with E-state index < -0.39 is 0 Å². The molecule has 9 heteroatoms. The summed E-state index contributed by atoms with van der Waals surface area (Å²) in [5.41, 5.74) is -0.235. The number of H-pyrrole nitrogens is 1. The molecule has 3 rings (SSSR count). The normalized spacial score (nSPS) is 10.7. The number of rotatable bonds is 3. The number of nitrogens with zero attached hydrogens (tertiary/aromatic N) is 4. The summed E-state index contributed by atoms with van der Waals surface area (Å²) in [6.45, 7) is -0.121. The highest BCUT2D eigenvalue weighted by Gasteiger charge is 2.09. The lowest BCUT2D eigenvalue weighted by atomic mass is 10.4. The Morgan fingerprint density at radius 2 is 2.42 bits per heavy atom. The molecule has 0 aliphatic heterocycles. The van der Waals surface area contributed by atoms with Crippen molar-refractivity contribution in [2.75, 3.05) is 5.32 Å². The number of amides is 1. The summed E-state index contributed by atoms with van der Waals surface area (Å²) in [5, 5.41) is 14.4. The number of hydrogen-bond donors (Lipinski definition) is 2. The predicted molar refractivity (Wildman–Crippen MR) is 68.9 cm³/mol. The molecular formula is C10H8N6O2S. The number of hydrogen-bond acceptors (Lipinski definition) is 6. The van der Waals surface area contributed by atoms with Crippen LogP contribution >= 0.6 is 11.3 Å². The number of thiophene rings is 1. The molecule has 2 N–H and O–H groups in total. The Kier molecular flexibility index (Phi) is 2.80. The number of carbonyl (C=O) groups is 1. The molecule has 1 amide bonds. The maximum atomic E-state index is 12.0. The largest absolute Gasteiger partial charge is 0.306 e. The van der Waals surface area contributed by atoms with E-state index in [1.54, 1.807) is 11.4 Å². The van der Waals surface area contributed by atoms with Gasteiger partial charge in [0.25, 0.3) is 5.56 Å². The van der Waals surface area contributed by atoms with E-state index in [0.29, 0.717) is 16.0 Å². The van der Waals surface area contributed by atoms with Gasteiger partial charge in [-0.05, 0) is 11.4 Å². The molecule has 0 aromatic carbocycles. The third kappa shape index (κ3) is 2.22. The van der Waals surface area contributed by atoms with E-state index >= 15 is 0 Å². The minimum atomic E-state index is -0.368. The van der Waals surface area contributed by atoms with Crippen molar-refractivity contribution < 1.29 is 4.79 Å². The van der Waals surface area contributed by atoms with Crippen molar-refractivity contribution in [3.63, 3.8) is 0 Å². The zero-order valence-corrected chi connectivity index (χ0v) is 10.3. The van der Waals surface area contributed by atoms with E-state index in [0.717, 1.165) is 0 Å². The zero-order valence-electron chi connectivity index (χ0n) is 9.53. The van der Waals surface area contributed by atoms with E-state index in [4.69, 9.17) is 0 Å². The highest BCUT2D eigenvalue weighted by atomic mass is 32.1. The van der Waals surface area contributed by atoms with Gasteiger partial charge in [0.2, 0.25) is 5.91 Å². The van der Waals surface area contributed by atoms with Gasteiger partial charge in [0, 0.05) is 0 Å². The van der Waals surface area contributed by atoms with Crippen molar-refractivity contribution >= 4 is 33.3 Å². The van der Waals surface area contributed by atoms with Crippen molar-refractivity contribution in [1.29, 1.82) is 0 Å². The highest BCUT2D eigenvalue weighted by molar-refractivity contribution is 7.16. The van der Waals surface area contributed by atoms with Crippen LogP contribution in [0.2, 0.25) is 0 Å². The van der Waals surface area contributed by atoms with Gasteiger partial charge in [0.15, 0.2) is 5.82 Å². The maximum absolute atomic E-state index is 12.0. The second kappa shape index (κ2) is 4.61. The molecule has 3 aromatic rings. The lowest BCUT2D eigenvalue weighted by Gasteiger charge is -2.04. The van der Waals surface area contributed by atoms with Crippen LogP contribution in [0.5, 0.6) is 0 Å². The van der Waals surface area contributed by atoms with Gasteiger partial charge >= 0.3 is 0 Å². The summed E-state index contributed by atoms with van der Waals surface area (Å²) in [6.07, 6.45) is 2.74. The van der Waals surface area contributed by atoms with E-state index in [9.17, 15) is 9.59 Å². The molecule has 3 heterocycles. The Bertz CT molecular complexity index is 775. The molecule has 0 bridgehead atoms. The van der Waals surface area contributed by atoms with Crippen LogP contribution in [0.1, 0.15) is 0 Å². The van der Waals surface area contributed by atoms with Gasteiger partial charge in [-0.25, -0.2) is 4.98 Å². The maximum Gasteiger partial charge on any atom is 0.262 e. The van der Waals surface area contributed by atoms with Gasteiger partial charge in [-0.15, -0.1) is 16.4 Å². The molecule has 0 saturated carbocycles. The Hall–Kier alpha value is -2.55. The number of carbonyl (C=O) groups excluding carboxylic acids is 1. The van der Waals surface area contributed by atoms with Crippen LogP contribution < -0.4 is 10.9 Å². The highest BCUT2D eigenvalue weighted by Crippen LogP contribution is 2.13. The van der Waals surface area contributed by atoms with Crippen molar-refractivity contribution in [3.8, 4) is 0 Å². The van der Waals surface area contributed by atoms with E-state index in [-0.39, 0.29) is 18.0 Å². The first kappa shape index (κ1) is 11.5. The van der Waals surface area contributed by atoms with Crippen LogP contribution in [0.4, 0.5) is 5.82 Å². The number of anilines is 1. The van der Waals surface area contributed by atoms with Gasteiger partial charge in [0.1, 0.15) is 11.4 Å². The Labute approximate surface area is 110 Å². The van der Waals surface area contributed by atoms with Gasteiger partial charge in [0.05, 0.1) is 17.9 Å². The summed E-state index contributed by atoms with van der Waals surface area (Å²) in [4.78, 5) is 28.6. The predicted octanol–water partition coefficient (Wildman–Crippen LogP) is 0.215. The van der Waals surface area contributed by atoms with Crippen LogP contribution in [-0.2, 0) is 11.3 Å². The van der Waals surface area contributed by atoms with Crippen LogP contribution in [-0.4, -0.2) is 30.9 Å². The molecule has 0 atom stereocenters. The van der Waals surface area contributed by atoms with Crippen molar-refractivity contribution in [3.05, 3.63) is 34.3 Å². The molecule has 96 valence electrons. The smallest absolute Gasteiger partial charge is 0.262 e. The van der Waals surface area contributed by atoms with Gasteiger partial charge < -0.3 is 5.32 Å². The third-order valence-corrected chi connectivity index (χ3v) is 3.27. The monoisotopic (exact) mass is 276 g/mol. The number of fused-ring (bicyclic) bond motifs is 1. The average Bonchev–Trinajstić information content (AvgIpc) is 3.03. The van der Waals surface area contributed by atoms with Crippen molar-refractivity contribution in [1.82, 2.24) is 25.0 Å². The number of aromatic nitrogens is 5. The second-order valence-electron chi connectivity index (χ2n) is 3.72. The fourth-order valence-corrected chi connectivity index (χ4v) is 2.33. The van der Waals surface area contributed by atoms with Crippen LogP contribution in [0.3, 0.4) is 0 Å². The average molecular weight is 276 g/mol. The molecule has 19 heavy (non-hydrogen) atoms. The Balaban J connectivity index is 1.83. The van der Waals surface area contributed by atoms with Crippen LogP contribution in [0.25, 0.3) is 10.2 Å².